The molecular weight excluding hydrogens is 330 g/mol. The standard InChI is InChI=1S/C14H15F4N5O/c1-19-7-8-22(2)13(24)11-12(14(16,17)18)23(21-20-11)10-5-3-9(15)4-6-10/h3-6,19H,7-8H2,1-2H3. The van der Waals surface area contributed by atoms with E-state index in [0.29, 0.717) is 11.2 Å². The lowest BCUT2D eigenvalue weighted by molar-refractivity contribution is -0.143. The normalized spacial score (nSPS) is 11.6. The number of nitrogens with zero attached hydrogens (tertiary/aromatic N) is 4. The van der Waals surface area contributed by atoms with Gasteiger partial charge in [-0.1, -0.05) is 5.21 Å². The van der Waals surface area contributed by atoms with Crippen molar-refractivity contribution in [2.45, 2.75) is 6.18 Å². The van der Waals surface area contributed by atoms with E-state index in [-0.39, 0.29) is 12.2 Å². The number of hydrogen-bond acceptors (Lipinski definition) is 4. The van der Waals surface area contributed by atoms with Crippen LogP contribution in [0.5, 0.6) is 0 Å². The second-order valence-corrected chi connectivity index (χ2v) is 5.00. The Bertz CT molecular complexity index is 711. The molecule has 1 amide bonds. The average Bonchev–Trinajstić information content (AvgIpc) is 2.97. The number of carbonyl (C=O) groups is 1. The summed E-state index contributed by atoms with van der Waals surface area (Å²) >= 11 is 0. The van der Waals surface area contributed by atoms with E-state index in [2.05, 4.69) is 15.6 Å². The highest BCUT2D eigenvalue weighted by Gasteiger charge is 2.42. The molecule has 0 saturated heterocycles. The zero-order chi connectivity index (χ0) is 17.9. The second-order valence-electron chi connectivity index (χ2n) is 5.00. The van der Waals surface area contributed by atoms with E-state index in [9.17, 15) is 22.4 Å². The molecule has 0 radical (unpaired) electrons. The third-order valence-corrected chi connectivity index (χ3v) is 3.26. The van der Waals surface area contributed by atoms with Gasteiger partial charge in [0.15, 0.2) is 11.4 Å². The molecule has 0 aliphatic heterocycles. The Morgan fingerprint density at radius 1 is 1.29 bits per heavy atom. The van der Waals surface area contributed by atoms with Gasteiger partial charge >= 0.3 is 6.18 Å². The van der Waals surface area contributed by atoms with Crippen molar-refractivity contribution in [3.05, 3.63) is 41.5 Å². The highest BCUT2D eigenvalue weighted by molar-refractivity contribution is 5.93. The molecular formula is C14H15F4N5O. The molecule has 24 heavy (non-hydrogen) atoms. The minimum absolute atomic E-state index is 0.0480. The fourth-order valence-electron chi connectivity index (χ4n) is 2.01. The van der Waals surface area contributed by atoms with Crippen molar-refractivity contribution >= 4 is 5.91 Å². The van der Waals surface area contributed by atoms with Gasteiger partial charge in [-0.3, -0.25) is 4.79 Å². The van der Waals surface area contributed by atoms with Gasteiger partial charge in [0.1, 0.15) is 5.82 Å². The molecule has 1 aromatic heterocycles. The number of rotatable bonds is 5. The van der Waals surface area contributed by atoms with Gasteiger partial charge in [0, 0.05) is 20.1 Å². The molecule has 2 aromatic rings. The first-order valence-electron chi connectivity index (χ1n) is 6.94. The molecule has 0 unspecified atom stereocenters. The molecule has 1 heterocycles. The highest BCUT2D eigenvalue weighted by atomic mass is 19.4. The van der Waals surface area contributed by atoms with Gasteiger partial charge in [-0.05, 0) is 31.3 Å². The molecule has 0 saturated carbocycles. The number of amides is 1. The van der Waals surface area contributed by atoms with Gasteiger partial charge in [-0.2, -0.15) is 13.2 Å². The molecule has 0 spiro atoms. The molecule has 0 fully saturated rings. The lowest BCUT2D eigenvalue weighted by Crippen LogP contribution is -2.34. The SMILES string of the molecule is CNCCN(C)C(=O)c1nnn(-c2ccc(F)cc2)c1C(F)(F)F. The Kier molecular flexibility index (Phi) is 5.17. The highest BCUT2D eigenvalue weighted by Crippen LogP contribution is 2.33. The summed E-state index contributed by atoms with van der Waals surface area (Å²) in [7, 11) is 3.03. The van der Waals surface area contributed by atoms with Gasteiger partial charge < -0.3 is 10.2 Å². The quantitative estimate of drug-likeness (QED) is 0.838. The summed E-state index contributed by atoms with van der Waals surface area (Å²) in [5.41, 5.74) is -2.14. The number of benzene rings is 1. The van der Waals surface area contributed by atoms with Crippen LogP contribution in [0.4, 0.5) is 17.6 Å². The van der Waals surface area contributed by atoms with Crippen LogP contribution in [0.25, 0.3) is 5.69 Å². The van der Waals surface area contributed by atoms with Crippen molar-refractivity contribution in [3.63, 3.8) is 0 Å². The number of halogens is 4. The zero-order valence-corrected chi connectivity index (χ0v) is 12.9. The first-order chi connectivity index (χ1) is 11.3. The molecule has 6 nitrogen and oxygen atoms in total. The van der Waals surface area contributed by atoms with Gasteiger partial charge in [0.25, 0.3) is 5.91 Å². The van der Waals surface area contributed by atoms with E-state index in [4.69, 9.17) is 0 Å². The van der Waals surface area contributed by atoms with Crippen LogP contribution in [0.2, 0.25) is 0 Å². The topological polar surface area (TPSA) is 63.1 Å². The van der Waals surface area contributed by atoms with Gasteiger partial charge in [0.2, 0.25) is 0 Å². The predicted molar refractivity (Wildman–Crippen MR) is 77.2 cm³/mol. The fourth-order valence-corrected chi connectivity index (χ4v) is 2.01. The summed E-state index contributed by atoms with van der Waals surface area (Å²) in [6.07, 6.45) is -4.85. The van der Waals surface area contributed by atoms with E-state index in [1.807, 2.05) is 0 Å². The number of hydrogen-bond donors (Lipinski definition) is 1. The third kappa shape index (κ3) is 3.70. The Morgan fingerprint density at radius 3 is 2.46 bits per heavy atom. The number of nitrogens with one attached hydrogen (secondary N) is 1. The minimum Gasteiger partial charge on any atom is -0.339 e. The van der Waals surface area contributed by atoms with Crippen LogP contribution >= 0.6 is 0 Å². The van der Waals surface area contributed by atoms with E-state index >= 15 is 0 Å². The predicted octanol–water partition coefficient (Wildman–Crippen LogP) is 1.72. The van der Waals surface area contributed by atoms with Crippen LogP contribution in [-0.2, 0) is 6.18 Å². The van der Waals surface area contributed by atoms with Gasteiger partial charge in [0.05, 0.1) is 5.69 Å². The molecule has 1 aromatic carbocycles. The molecule has 1 N–H and O–H groups in total. The molecule has 130 valence electrons. The van der Waals surface area contributed by atoms with Gasteiger partial charge in [-0.15, -0.1) is 5.10 Å². The van der Waals surface area contributed by atoms with E-state index < -0.39 is 29.3 Å². The fraction of sp³-hybridized carbons (Fsp3) is 0.357. The minimum atomic E-state index is -4.85. The molecule has 0 aliphatic carbocycles. The van der Waals surface area contributed by atoms with E-state index in [1.54, 1.807) is 7.05 Å². The Balaban J connectivity index is 2.47. The summed E-state index contributed by atoms with van der Waals surface area (Å²) in [5, 5.41) is 9.62. The smallest absolute Gasteiger partial charge is 0.339 e. The number of carbonyl (C=O) groups excluding carboxylic acids is 1. The summed E-state index contributed by atoms with van der Waals surface area (Å²) in [6, 6.07) is 4.24. The maximum Gasteiger partial charge on any atom is 0.435 e. The lowest BCUT2D eigenvalue weighted by atomic mass is 10.2. The third-order valence-electron chi connectivity index (χ3n) is 3.26. The zero-order valence-electron chi connectivity index (χ0n) is 12.9. The van der Waals surface area contributed by atoms with Crippen LogP contribution in [0.3, 0.4) is 0 Å². The summed E-state index contributed by atoms with van der Waals surface area (Å²) in [4.78, 5) is 13.4. The molecule has 0 atom stereocenters. The van der Waals surface area contributed by atoms with Crippen molar-refractivity contribution in [1.82, 2.24) is 25.2 Å². The number of aromatic nitrogens is 3. The second kappa shape index (κ2) is 6.95. The number of alkyl halides is 3. The largest absolute Gasteiger partial charge is 0.435 e. The van der Waals surface area contributed by atoms with Gasteiger partial charge in [-0.25, -0.2) is 9.07 Å². The van der Waals surface area contributed by atoms with Crippen molar-refractivity contribution in [1.29, 1.82) is 0 Å². The monoisotopic (exact) mass is 345 g/mol. The van der Waals surface area contributed by atoms with Crippen LogP contribution in [0.1, 0.15) is 16.2 Å². The van der Waals surface area contributed by atoms with Crippen LogP contribution in [0, 0.1) is 5.82 Å². The van der Waals surface area contributed by atoms with Crippen molar-refractivity contribution in [2.75, 3.05) is 27.2 Å². The summed E-state index contributed by atoms with van der Waals surface area (Å²) < 4.78 is 53.7. The van der Waals surface area contributed by atoms with Crippen molar-refractivity contribution < 1.29 is 22.4 Å². The Labute approximate surface area is 135 Å². The first-order valence-corrected chi connectivity index (χ1v) is 6.94. The maximum absolute atomic E-state index is 13.4. The average molecular weight is 345 g/mol. The van der Waals surface area contributed by atoms with Crippen molar-refractivity contribution in [2.24, 2.45) is 0 Å². The first kappa shape index (κ1) is 17.9. The van der Waals surface area contributed by atoms with Crippen LogP contribution in [0.15, 0.2) is 24.3 Å². The summed E-state index contributed by atoms with van der Waals surface area (Å²) in [6.45, 7) is 0.617. The molecule has 0 aliphatic rings. The number of likely N-dealkylation sites (N-methyl/N-ethyl adjacent to an activating group) is 2. The maximum atomic E-state index is 13.4. The molecule has 10 heteroatoms. The molecule has 2 rings (SSSR count). The molecule has 0 bridgehead atoms. The Hall–Kier alpha value is -2.49. The van der Waals surface area contributed by atoms with Crippen LogP contribution in [-0.4, -0.2) is 53.0 Å². The summed E-state index contributed by atoms with van der Waals surface area (Å²) in [5.74, 6) is -1.50. The van der Waals surface area contributed by atoms with Crippen molar-refractivity contribution in [3.8, 4) is 5.69 Å². The Morgan fingerprint density at radius 2 is 1.92 bits per heavy atom. The van der Waals surface area contributed by atoms with E-state index in [0.717, 1.165) is 29.2 Å². The lowest BCUT2D eigenvalue weighted by Gasteiger charge is -2.17. The van der Waals surface area contributed by atoms with E-state index in [1.165, 1.54) is 7.05 Å². The van der Waals surface area contributed by atoms with Crippen LogP contribution < -0.4 is 5.32 Å².